The Morgan fingerprint density at radius 2 is 0.268 bits per heavy atom. The van der Waals surface area contributed by atoms with Gasteiger partial charge in [0, 0.05) is 6.67 Å². The Balaban J connectivity index is -0.000000175. The first-order chi connectivity index (χ1) is 61.5. The third kappa shape index (κ3) is 114. The van der Waals surface area contributed by atoms with Crippen LogP contribution >= 0.6 is 0 Å². The molecule has 0 saturated heterocycles. The zero-order valence-electron chi connectivity index (χ0n) is 82.6. The maximum Gasteiger partial charge on any atom is 0.0403 e. The second-order valence-electron chi connectivity index (χ2n) is 28.8. The van der Waals surface area contributed by atoms with Gasteiger partial charge < -0.3 is 80.3 Å². The van der Waals surface area contributed by atoms with Crippen molar-refractivity contribution in [3.63, 3.8) is 0 Å². The van der Waals surface area contributed by atoms with Crippen LogP contribution in [-0.4, -0.2) is 85.2 Å². The average Bonchev–Trinajstić information content (AvgIpc) is 0.864. The fraction of sp³-hybridized carbons (Fsp3) is 0.469. The van der Waals surface area contributed by atoms with Crippen LogP contribution in [0.4, 0.5) is 0 Å². The first kappa shape index (κ1) is 137. The van der Waals surface area contributed by atoms with Gasteiger partial charge in [0.1, 0.15) is 0 Å². The van der Waals surface area contributed by atoms with Gasteiger partial charge in [-0.2, -0.15) is 0 Å². The van der Waals surface area contributed by atoms with Gasteiger partial charge in [-0.1, -0.05) is 510 Å². The molecule has 0 heterocycles. The molecule has 14 heteroatoms. The Bertz CT molecular complexity index is 3040. The van der Waals surface area contributed by atoms with Crippen molar-refractivity contribution in [2.24, 2.45) is 92.1 Å². The van der Waals surface area contributed by atoms with Crippen molar-refractivity contribution in [3.05, 3.63) is 359 Å². The van der Waals surface area contributed by atoms with Crippen molar-refractivity contribution in [1.29, 1.82) is 0 Å². The lowest BCUT2D eigenvalue weighted by Crippen LogP contribution is -2.14. The summed E-state index contributed by atoms with van der Waals surface area (Å²) >= 11 is 0. The Hall–Kier alpha value is -8.36. The number of nitrogens with two attached hydrogens (primary N) is 14. The summed E-state index contributed by atoms with van der Waals surface area (Å²) in [5.41, 5.74) is 81.2. The molecule has 0 amide bonds. The predicted octanol–water partition coefficient (Wildman–Crippen LogP) is 23.6. The molecule has 0 bridgehead atoms. The van der Waals surface area contributed by atoms with Crippen molar-refractivity contribution < 1.29 is 0 Å². The summed E-state index contributed by atoms with van der Waals surface area (Å²) in [7, 11) is 0. The summed E-state index contributed by atoms with van der Waals surface area (Å²) in [6.45, 7) is 36.4. The van der Waals surface area contributed by atoms with Crippen molar-refractivity contribution in [2.75, 3.05) is 85.2 Å². The number of rotatable bonds is 12. The van der Waals surface area contributed by atoms with Gasteiger partial charge in [-0.3, -0.25) is 0 Å². The molecule has 3 saturated carbocycles. The minimum Gasteiger partial charge on any atom is -0.331 e. The normalized spacial score (nSPS) is 11.0. The third-order valence-corrected chi connectivity index (χ3v) is 16.5. The fourth-order valence-corrected chi connectivity index (χ4v) is 11.5. The van der Waals surface area contributed by atoms with Gasteiger partial charge in [-0.25, -0.2) is 0 Å². The van der Waals surface area contributed by atoms with E-state index in [1.807, 2.05) is 168 Å². The highest BCUT2D eigenvalue weighted by atomic mass is 14.7. The zero-order valence-corrected chi connectivity index (χ0v) is 82.6. The molecule has 14 nitrogen and oxygen atoms in total. The van der Waals surface area contributed by atoms with Crippen LogP contribution in [-0.2, 0) is 38.5 Å². The smallest absolute Gasteiger partial charge is 0.0403 e. The van der Waals surface area contributed by atoms with Gasteiger partial charge in [0.25, 0.3) is 0 Å². The highest BCUT2D eigenvalue weighted by molar-refractivity contribution is 5.35. The maximum atomic E-state index is 4.85. The van der Waals surface area contributed by atoms with E-state index in [0.717, 1.165) is 129 Å². The molecule has 3 aliphatic carbocycles. The van der Waals surface area contributed by atoms with E-state index in [9.17, 15) is 0 Å². The molecule has 10 aromatic carbocycles. The molecule has 0 unspecified atom stereocenters. The molecule has 720 valence electrons. The van der Waals surface area contributed by atoms with E-state index < -0.39 is 0 Å². The predicted molar refractivity (Wildman–Crippen MR) is 577 cm³/mol. The lowest BCUT2D eigenvalue weighted by Gasteiger charge is -2.28. The first-order valence-electron chi connectivity index (χ1n) is 47.7. The summed E-state index contributed by atoms with van der Waals surface area (Å²) in [4.78, 5) is 0. The highest BCUT2D eigenvalue weighted by Crippen LogP contribution is 2.35. The van der Waals surface area contributed by atoms with Crippen LogP contribution in [0.25, 0.3) is 0 Å². The second-order valence-corrected chi connectivity index (χ2v) is 28.8. The Kier molecular flexibility index (Phi) is 133. The quantitative estimate of drug-likeness (QED) is 0.0506. The van der Waals surface area contributed by atoms with Gasteiger partial charge >= 0.3 is 0 Å². The fourth-order valence-electron chi connectivity index (χ4n) is 11.5. The Morgan fingerprint density at radius 3 is 0.386 bits per heavy atom. The summed E-state index contributed by atoms with van der Waals surface area (Å²) < 4.78 is 0. The molecule has 0 radical (unpaired) electrons. The zero-order chi connectivity index (χ0) is 95.7. The van der Waals surface area contributed by atoms with Crippen LogP contribution in [0.5, 0.6) is 0 Å². The number of benzene rings is 10. The number of hydrogen-bond donors (Lipinski definition) is 14. The van der Waals surface area contributed by atoms with Crippen molar-refractivity contribution in [2.45, 2.75) is 252 Å². The van der Waals surface area contributed by atoms with E-state index in [1.54, 1.807) is 32.1 Å². The molecular formula is C113H198N14. The average molecular weight is 1750 g/mol. The number of aryl methyl sites for hydroxylation is 2. The van der Waals surface area contributed by atoms with E-state index in [4.69, 9.17) is 68.8 Å². The maximum absolute atomic E-state index is 4.85. The summed E-state index contributed by atoms with van der Waals surface area (Å²) in [6, 6.07) is 105. The summed E-state index contributed by atoms with van der Waals surface area (Å²) in [5.74, 6) is 2.24. The first-order valence-corrected chi connectivity index (χ1v) is 47.7. The van der Waals surface area contributed by atoms with E-state index in [2.05, 4.69) is 244 Å². The molecule has 10 aromatic rings. The SMILES string of the molecule is C.C1CCC(CC2CCCCC2)CC1.C1CCCCC1.CCN.CCN.CCN.CCN.CCN.CCN.CCN.CCN.CCN.CCN.CCN.CCN.CCc1ccccc1.CCc1ccccc1.NCN.c1ccc(Cc2ccc(Cc3ccc(Cc4ccccc4)cc3)cc2)cc1.c1ccc(Cc2ccccc2)cc1.c1ccccc1.c1ccccc1. The lowest BCUT2D eigenvalue weighted by molar-refractivity contribution is 0.244. The van der Waals surface area contributed by atoms with E-state index >= 15 is 0 Å². The van der Waals surface area contributed by atoms with Crippen molar-refractivity contribution in [1.82, 2.24) is 0 Å². The van der Waals surface area contributed by atoms with Gasteiger partial charge in [0.05, 0.1) is 0 Å². The Labute approximate surface area is 783 Å². The molecule has 127 heavy (non-hydrogen) atoms. The van der Waals surface area contributed by atoms with Crippen molar-refractivity contribution >= 4 is 0 Å². The molecule has 0 atom stereocenters. The monoisotopic (exact) mass is 1750 g/mol. The summed E-state index contributed by atoms with van der Waals surface area (Å²) in [6.07, 6.45) is 32.2. The molecule has 13 rings (SSSR count). The topological polar surface area (TPSA) is 364 Å². The molecule has 0 aliphatic heterocycles. The molecule has 3 fully saturated rings. The minimum absolute atomic E-state index is 0. The van der Waals surface area contributed by atoms with Crippen LogP contribution in [0.15, 0.2) is 303 Å². The Morgan fingerprint density at radius 1 is 0.165 bits per heavy atom. The largest absolute Gasteiger partial charge is 0.331 e. The highest BCUT2D eigenvalue weighted by Gasteiger charge is 2.20. The molecule has 0 aromatic heterocycles. The minimum atomic E-state index is 0. The van der Waals surface area contributed by atoms with Gasteiger partial charge in [-0.05, 0) is 191 Å². The molecule has 3 aliphatic rings. The van der Waals surface area contributed by atoms with Gasteiger partial charge in [0.2, 0.25) is 0 Å². The molecular weight excluding hydrogens is 1550 g/mol. The van der Waals surface area contributed by atoms with Crippen LogP contribution in [0, 0.1) is 11.8 Å². The van der Waals surface area contributed by atoms with Crippen molar-refractivity contribution in [3.8, 4) is 0 Å². The van der Waals surface area contributed by atoms with E-state index in [1.165, 1.54) is 133 Å². The van der Waals surface area contributed by atoms with Gasteiger partial charge in [-0.15, -0.1) is 0 Å². The van der Waals surface area contributed by atoms with E-state index in [0.29, 0.717) is 0 Å². The second kappa shape index (κ2) is 124. The molecule has 28 N–H and O–H groups in total. The van der Waals surface area contributed by atoms with Crippen LogP contribution in [0.2, 0.25) is 0 Å². The van der Waals surface area contributed by atoms with Crippen LogP contribution in [0.3, 0.4) is 0 Å². The third-order valence-electron chi connectivity index (χ3n) is 16.5. The van der Waals surface area contributed by atoms with E-state index in [-0.39, 0.29) is 14.1 Å². The van der Waals surface area contributed by atoms with Crippen LogP contribution < -0.4 is 80.3 Å². The molecule has 0 spiro atoms. The summed E-state index contributed by atoms with van der Waals surface area (Å²) in [5, 5.41) is 0. The van der Waals surface area contributed by atoms with Gasteiger partial charge in [0.15, 0.2) is 0 Å². The standard InChI is InChI=1S/C27H24.C13H24.C13H12.2C8H10.C6H12.2C6H6.12C2H7N.CH6N2.CH4/c1-3-7-22(8-4-1)19-24-11-15-26(16-12-24)21-27-17-13-25(14-18-27)20-23-9-5-2-6-10-23;2*1-3-7-12(8-4-1)11-13-9-5-2-6-10-13;2*1-2-8-6-4-3-5-7-8;3*1-2-4-6-5-3-1;12*1-2-3;2-1-3;/h1-18H,19-21H2;12-13H,1-11H2;1-10H,11H2;2*3-7H,2H2,1H3;1-6H2;2*1-6H;12*2-3H2,1H3;1-3H2;1H4. The number of hydrogen-bond acceptors (Lipinski definition) is 14. The lowest BCUT2D eigenvalue weighted by atomic mass is 9.78. The van der Waals surface area contributed by atoms with Crippen LogP contribution in [0.1, 0.15) is 269 Å².